The number of hydrogen-bond acceptors (Lipinski definition) is 2. The van der Waals surface area contributed by atoms with E-state index in [4.69, 9.17) is 22.1 Å². The summed E-state index contributed by atoms with van der Waals surface area (Å²) in [5.41, 5.74) is 5.51. The number of nitrogen functional groups attached to an aromatic ring is 1. The molecule has 0 atom stereocenters. The number of nitrogens with two attached hydrogens (primary N) is 1. The van der Waals surface area contributed by atoms with Gasteiger partial charge in [0.15, 0.2) is 0 Å². The largest absolute Gasteiger partial charge is 0.493 e. The molecule has 2 aromatic rings. The molecule has 0 aromatic heterocycles. The highest BCUT2D eigenvalue weighted by Gasteiger charge is 2.34. The van der Waals surface area contributed by atoms with E-state index >= 15 is 0 Å². The van der Waals surface area contributed by atoms with Crippen LogP contribution in [0.4, 0.5) is 18.9 Å². The zero-order valence-corrected chi connectivity index (χ0v) is 11.7. The molecule has 6 heteroatoms. The Labute approximate surface area is 125 Å². The molecule has 0 bridgehead atoms. The third-order valence-electron chi connectivity index (χ3n) is 2.87. The highest BCUT2D eigenvalue weighted by Crippen LogP contribution is 2.37. The van der Waals surface area contributed by atoms with Gasteiger partial charge in [-0.2, -0.15) is 13.2 Å². The first-order chi connectivity index (χ1) is 9.86. The van der Waals surface area contributed by atoms with E-state index in [0.29, 0.717) is 11.4 Å². The number of halogens is 4. The maximum absolute atomic E-state index is 12.9. The molecule has 0 saturated carbocycles. The summed E-state index contributed by atoms with van der Waals surface area (Å²) in [5, 5.41) is 0.609. The van der Waals surface area contributed by atoms with E-state index in [0.717, 1.165) is 11.6 Å². The molecule has 2 N–H and O–H groups in total. The molecule has 21 heavy (non-hydrogen) atoms. The van der Waals surface area contributed by atoms with Crippen LogP contribution in [0.5, 0.6) is 5.75 Å². The number of alkyl halides is 3. The average molecular weight is 316 g/mol. The van der Waals surface area contributed by atoms with Crippen molar-refractivity contribution in [1.29, 1.82) is 0 Å². The van der Waals surface area contributed by atoms with E-state index in [2.05, 4.69) is 0 Å². The van der Waals surface area contributed by atoms with Crippen molar-refractivity contribution >= 4 is 17.3 Å². The molecule has 0 spiro atoms. The van der Waals surface area contributed by atoms with Gasteiger partial charge in [-0.05, 0) is 35.9 Å². The number of hydrogen-bond donors (Lipinski definition) is 1. The lowest BCUT2D eigenvalue weighted by molar-refractivity contribution is -0.138. The lowest BCUT2D eigenvalue weighted by atomic mass is 10.1. The standard InChI is InChI=1S/C15H13ClF3NO/c16-11-3-1-10(2-4-11)7-8-21-14-6-5-12(20)9-13(14)15(17,18)19/h1-6,9H,7-8,20H2. The monoisotopic (exact) mass is 315 g/mol. The number of rotatable bonds is 4. The number of anilines is 1. The van der Waals surface area contributed by atoms with Crippen LogP contribution in [-0.2, 0) is 12.6 Å². The fourth-order valence-electron chi connectivity index (χ4n) is 1.82. The first kappa shape index (κ1) is 15.5. The highest BCUT2D eigenvalue weighted by molar-refractivity contribution is 6.30. The van der Waals surface area contributed by atoms with Crippen molar-refractivity contribution in [2.24, 2.45) is 0 Å². The van der Waals surface area contributed by atoms with E-state index < -0.39 is 11.7 Å². The molecule has 0 amide bonds. The van der Waals surface area contributed by atoms with Gasteiger partial charge in [-0.1, -0.05) is 23.7 Å². The topological polar surface area (TPSA) is 35.2 Å². The lowest BCUT2D eigenvalue weighted by Gasteiger charge is -2.14. The Morgan fingerprint density at radius 2 is 1.71 bits per heavy atom. The second-order valence-electron chi connectivity index (χ2n) is 4.48. The van der Waals surface area contributed by atoms with Crippen molar-refractivity contribution in [2.45, 2.75) is 12.6 Å². The van der Waals surface area contributed by atoms with Gasteiger partial charge in [-0.25, -0.2) is 0 Å². The minimum atomic E-state index is -4.50. The summed E-state index contributed by atoms with van der Waals surface area (Å²) < 4.78 is 43.9. The molecule has 2 nitrogen and oxygen atoms in total. The molecule has 0 heterocycles. The lowest BCUT2D eigenvalue weighted by Crippen LogP contribution is -2.11. The Hall–Kier alpha value is -1.88. The predicted molar refractivity (Wildman–Crippen MR) is 76.5 cm³/mol. The van der Waals surface area contributed by atoms with E-state index in [9.17, 15) is 13.2 Å². The van der Waals surface area contributed by atoms with Crippen LogP contribution >= 0.6 is 11.6 Å². The van der Waals surface area contributed by atoms with Crippen molar-refractivity contribution in [2.75, 3.05) is 12.3 Å². The maximum Gasteiger partial charge on any atom is 0.420 e. The van der Waals surface area contributed by atoms with Gasteiger partial charge in [-0.15, -0.1) is 0 Å². The van der Waals surface area contributed by atoms with Gasteiger partial charge in [0.05, 0.1) is 12.2 Å². The van der Waals surface area contributed by atoms with E-state index in [1.165, 1.54) is 12.1 Å². The van der Waals surface area contributed by atoms with Crippen LogP contribution in [0.3, 0.4) is 0 Å². The third kappa shape index (κ3) is 4.29. The first-order valence-electron chi connectivity index (χ1n) is 6.20. The van der Waals surface area contributed by atoms with Crippen LogP contribution < -0.4 is 10.5 Å². The second kappa shape index (κ2) is 6.26. The van der Waals surface area contributed by atoms with Gasteiger partial charge < -0.3 is 10.5 Å². The molecule has 0 aliphatic carbocycles. The molecule has 0 aliphatic rings. The van der Waals surface area contributed by atoms with Crippen LogP contribution in [0.2, 0.25) is 5.02 Å². The van der Waals surface area contributed by atoms with E-state index in [-0.39, 0.29) is 18.0 Å². The summed E-state index contributed by atoms with van der Waals surface area (Å²) in [7, 11) is 0. The normalized spacial score (nSPS) is 11.4. The molecule has 0 aliphatic heterocycles. The van der Waals surface area contributed by atoms with E-state index in [1.54, 1.807) is 24.3 Å². The quantitative estimate of drug-likeness (QED) is 0.839. The number of ether oxygens (including phenoxy) is 1. The van der Waals surface area contributed by atoms with Crippen LogP contribution in [0, 0.1) is 0 Å². The fraction of sp³-hybridized carbons (Fsp3) is 0.200. The summed E-state index contributed by atoms with van der Waals surface area (Å²) in [4.78, 5) is 0. The molecule has 0 radical (unpaired) electrons. The van der Waals surface area contributed by atoms with Gasteiger partial charge in [0.2, 0.25) is 0 Å². The summed E-state index contributed by atoms with van der Waals surface area (Å²) in [6, 6.07) is 10.5. The minimum Gasteiger partial charge on any atom is -0.493 e. The summed E-state index contributed by atoms with van der Waals surface area (Å²) in [6.45, 7) is 0.134. The smallest absolute Gasteiger partial charge is 0.420 e. The van der Waals surface area contributed by atoms with Gasteiger partial charge >= 0.3 is 6.18 Å². The van der Waals surface area contributed by atoms with E-state index in [1.807, 2.05) is 0 Å². The average Bonchev–Trinajstić information content (AvgIpc) is 2.41. The fourth-order valence-corrected chi connectivity index (χ4v) is 1.95. The molecular weight excluding hydrogens is 303 g/mol. The summed E-state index contributed by atoms with van der Waals surface area (Å²) in [5.74, 6) is -0.217. The van der Waals surface area contributed by atoms with Crippen molar-refractivity contribution in [3.63, 3.8) is 0 Å². The molecule has 0 saturated heterocycles. The maximum atomic E-state index is 12.9. The SMILES string of the molecule is Nc1ccc(OCCc2ccc(Cl)cc2)c(C(F)(F)F)c1. The van der Waals surface area contributed by atoms with Crippen LogP contribution in [0.25, 0.3) is 0 Å². The predicted octanol–water partition coefficient (Wildman–Crippen LogP) is 4.56. The molecule has 112 valence electrons. The molecule has 0 unspecified atom stereocenters. The molecule has 2 aromatic carbocycles. The van der Waals surface area contributed by atoms with Crippen LogP contribution in [0.15, 0.2) is 42.5 Å². The zero-order chi connectivity index (χ0) is 15.5. The molecule has 2 rings (SSSR count). The Balaban J connectivity index is 2.05. The van der Waals surface area contributed by atoms with Crippen molar-refractivity contribution in [1.82, 2.24) is 0 Å². The first-order valence-corrected chi connectivity index (χ1v) is 6.58. The second-order valence-corrected chi connectivity index (χ2v) is 4.91. The van der Waals surface area contributed by atoms with Crippen molar-refractivity contribution < 1.29 is 17.9 Å². The van der Waals surface area contributed by atoms with Crippen LogP contribution in [0.1, 0.15) is 11.1 Å². The molecular formula is C15H13ClF3NO. The Morgan fingerprint density at radius 1 is 1.05 bits per heavy atom. The summed E-state index contributed by atoms with van der Waals surface area (Å²) in [6.07, 6.45) is -4.01. The van der Waals surface area contributed by atoms with Gasteiger partial charge in [0, 0.05) is 17.1 Å². The highest BCUT2D eigenvalue weighted by atomic mass is 35.5. The Morgan fingerprint density at radius 3 is 2.33 bits per heavy atom. The van der Waals surface area contributed by atoms with Gasteiger partial charge in [0.1, 0.15) is 5.75 Å². The number of benzene rings is 2. The summed E-state index contributed by atoms with van der Waals surface area (Å²) >= 11 is 5.76. The Bertz CT molecular complexity index is 611. The van der Waals surface area contributed by atoms with Crippen LogP contribution in [-0.4, -0.2) is 6.61 Å². The third-order valence-corrected chi connectivity index (χ3v) is 3.12. The van der Waals surface area contributed by atoms with Crippen molar-refractivity contribution in [3.05, 3.63) is 58.6 Å². The Kier molecular flexibility index (Phi) is 4.63. The van der Waals surface area contributed by atoms with Crippen molar-refractivity contribution in [3.8, 4) is 5.75 Å². The zero-order valence-electron chi connectivity index (χ0n) is 11.0. The minimum absolute atomic E-state index is 0.0485. The van der Waals surface area contributed by atoms with Gasteiger partial charge in [-0.3, -0.25) is 0 Å². The van der Waals surface area contributed by atoms with Gasteiger partial charge in [0.25, 0.3) is 0 Å². The molecule has 0 fully saturated rings.